The summed E-state index contributed by atoms with van der Waals surface area (Å²) in [6, 6.07) is 13.8. The highest BCUT2D eigenvalue weighted by Crippen LogP contribution is 2.25. The topological polar surface area (TPSA) is 83.0 Å². The van der Waals surface area contributed by atoms with Crippen LogP contribution in [-0.4, -0.2) is 27.4 Å². The maximum Gasteiger partial charge on any atom is 0.232 e. The Bertz CT molecular complexity index is 1030. The minimum Gasteiger partial charge on any atom is -0.336 e. The molecule has 0 aliphatic carbocycles. The van der Waals surface area contributed by atoms with Crippen LogP contribution in [-0.2, 0) is 17.8 Å². The molecular weight excluding hydrogens is 420 g/mol. The van der Waals surface area contributed by atoms with Gasteiger partial charge in [0.15, 0.2) is 0 Å². The molecule has 1 aliphatic rings. The Morgan fingerprint density at radius 2 is 1.96 bits per heavy atom. The molecule has 2 heterocycles. The average molecular weight is 439 g/mol. The van der Waals surface area contributed by atoms with Crippen molar-refractivity contribution >= 4 is 45.1 Å². The largest absolute Gasteiger partial charge is 0.336 e. The van der Waals surface area contributed by atoms with E-state index in [0.717, 1.165) is 29.7 Å². The first-order valence-electron chi connectivity index (χ1n) is 8.93. The van der Waals surface area contributed by atoms with E-state index < -0.39 is 0 Å². The van der Waals surface area contributed by atoms with Crippen LogP contribution in [0.4, 0.5) is 23.3 Å². The van der Waals surface area contributed by atoms with E-state index in [2.05, 4.69) is 64.6 Å². The number of nitrogens with zero attached hydrogens (tertiary/aromatic N) is 4. The van der Waals surface area contributed by atoms with Crippen molar-refractivity contribution < 1.29 is 4.79 Å². The van der Waals surface area contributed by atoms with E-state index >= 15 is 0 Å². The molecule has 28 heavy (non-hydrogen) atoms. The van der Waals surface area contributed by atoms with Crippen LogP contribution in [0, 0.1) is 0 Å². The number of benzene rings is 2. The monoisotopic (exact) mass is 438 g/mol. The van der Waals surface area contributed by atoms with Crippen molar-refractivity contribution in [3.05, 3.63) is 64.4 Å². The van der Waals surface area contributed by atoms with Crippen molar-refractivity contribution in [3.8, 4) is 0 Å². The number of aromatic nitrogens is 3. The fourth-order valence-electron chi connectivity index (χ4n) is 3.20. The van der Waals surface area contributed by atoms with Gasteiger partial charge in [0.25, 0.3) is 0 Å². The van der Waals surface area contributed by atoms with Gasteiger partial charge in [-0.25, -0.2) is 9.97 Å². The molecule has 8 heteroatoms. The lowest BCUT2D eigenvalue weighted by Gasteiger charge is -2.29. The first-order valence-corrected chi connectivity index (χ1v) is 9.72. The molecule has 7 nitrogen and oxygen atoms in total. The lowest BCUT2D eigenvalue weighted by molar-refractivity contribution is -0.114. The number of rotatable bonds is 4. The van der Waals surface area contributed by atoms with Crippen molar-refractivity contribution in [1.82, 2.24) is 15.0 Å². The van der Waals surface area contributed by atoms with E-state index in [0.29, 0.717) is 17.6 Å². The van der Waals surface area contributed by atoms with Crippen LogP contribution in [0.2, 0.25) is 0 Å². The number of halogens is 1. The van der Waals surface area contributed by atoms with E-state index in [1.165, 1.54) is 24.4 Å². The molecule has 3 aromatic rings. The van der Waals surface area contributed by atoms with Crippen LogP contribution >= 0.6 is 15.9 Å². The number of hydrogen-bond acceptors (Lipinski definition) is 6. The van der Waals surface area contributed by atoms with E-state index in [1.54, 1.807) is 0 Å². The van der Waals surface area contributed by atoms with Gasteiger partial charge < -0.3 is 15.5 Å². The van der Waals surface area contributed by atoms with Gasteiger partial charge >= 0.3 is 0 Å². The van der Waals surface area contributed by atoms with Crippen molar-refractivity contribution in [2.45, 2.75) is 19.9 Å². The van der Waals surface area contributed by atoms with Crippen LogP contribution in [0.15, 0.2) is 53.3 Å². The fourth-order valence-corrected chi connectivity index (χ4v) is 3.61. The normalized spacial score (nSPS) is 13.0. The van der Waals surface area contributed by atoms with Crippen molar-refractivity contribution in [2.75, 3.05) is 22.1 Å². The maximum absolute atomic E-state index is 11.2. The Kier molecular flexibility index (Phi) is 5.21. The van der Waals surface area contributed by atoms with E-state index in [9.17, 15) is 4.79 Å². The Morgan fingerprint density at radius 3 is 2.82 bits per heavy atom. The van der Waals surface area contributed by atoms with E-state index in [1.807, 2.05) is 24.3 Å². The summed E-state index contributed by atoms with van der Waals surface area (Å²) < 4.78 is 1.07. The number of amides is 1. The number of fused-ring (bicyclic) bond motifs is 1. The lowest BCUT2D eigenvalue weighted by Crippen LogP contribution is -2.32. The molecule has 2 aromatic carbocycles. The summed E-state index contributed by atoms with van der Waals surface area (Å²) in [5, 5.41) is 5.94. The summed E-state index contributed by atoms with van der Waals surface area (Å²) in [4.78, 5) is 26.5. The van der Waals surface area contributed by atoms with Gasteiger partial charge in [0, 0.05) is 35.9 Å². The Balaban J connectivity index is 1.52. The number of hydrogen-bond donors (Lipinski definition) is 2. The molecule has 0 spiro atoms. The Hall–Kier alpha value is -3.00. The second kappa shape index (κ2) is 7.93. The highest BCUT2D eigenvalue weighted by molar-refractivity contribution is 9.10. The fraction of sp³-hybridized carbons (Fsp3) is 0.200. The summed E-state index contributed by atoms with van der Waals surface area (Å²) in [6.45, 7) is 3.10. The minimum atomic E-state index is -0.114. The van der Waals surface area contributed by atoms with Gasteiger partial charge in [-0.05, 0) is 47.9 Å². The molecule has 2 N–H and O–H groups in total. The van der Waals surface area contributed by atoms with Crippen LogP contribution in [0.25, 0.3) is 0 Å². The van der Waals surface area contributed by atoms with E-state index in [4.69, 9.17) is 0 Å². The summed E-state index contributed by atoms with van der Waals surface area (Å²) >= 11 is 3.54. The molecule has 0 saturated carbocycles. The molecule has 0 radical (unpaired) electrons. The first-order chi connectivity index (χ1) is 13.6. The quantitative estimate of drug-likeness (QED) is 0.642. The Labute approximate surface area is 171 Å². The molecule has 0 unspecified atom stereocenters. The van der Waals surface area contributed by atoms with Crippen LogP contribution in [0.3, 0.4) is 0 Å². The standard InChI is InChI=1S/C20H19BrN6O/c1-13(28)24-17-3-2-4-18(10-17)25-19-22-12-23-20(26-19)27-8-7-14-5-6-16(21)9-15(14)11-27/h2-6,9-10,12H,7-8,11H2,1H3,(H,24,28)(H,22,23,25,26). The minimum absolute atomic E-state index is 0.114. The van der Waals surface area contributed by atoms with Gasteiger partial charge in [0.1, 0.15) is 6.33 Å². The third-order valence-electron chi connectivity index (χ3n) is 4.46. The molecule has 1 amide bonds. The van der Waals surface area contributed by atoms with Gasteiger partial charge in [0.2, 0.25) is 17.8 Å². The molecule has 1 aromatic heterocycles. The SMILES string of the molecule is CC(=O)Nc1cccc(Nc2ncnc(N3CCc4ccc(Br)cc4C3)n2)c1. The Morgan fingerprint density at radius 1 is 1.11 bits per heavy atom. The van der Waals surface area contributed by atoms with Crippen LogP contribution < -0.4 is 15.5 Å². The van der Waals surface area contributed by atoms with Crippen LogP contribution in [0.5, 0.6) is 0 Å². The zero-order valence-corrected chi connectivity index (χ0v) is 16.9. The lowest BCUT2D eigenvalue weighted by atomic mass is 10.0. The first kappa shape index (κ1) is 18.4. The number of carbonyl (C=O) groups excluding carboxylic acids is 1. The molecule has 0 bridgehead atoms. The number of anilines is 4. The van der Waals surface area contributed by atoms with Crippen molar-refractivity contribution in [2.24, 2.45) is 0 Å². The molecule has 0 saturated heterocycles. The molecular formula is C20H19BrN6O. The molecule has 4 rings (SSSR count). The van der Waals surface area contributed by atoms with Gasteiger partial charge in [0.05, 0.1) is 0 Å². The third kappa shape index (κ3) is 4.28. The summed E-state index contributed by atoms with van der Waals surface area (Å²) in [5.74, 6) is 0.989. The van der Waals surface area contributed by atoms with Gasteiger partial charge in [-0.2, -0.15) is 4.98 Å². The summed E-state index contributed by atoms with van der Waals surface area (Å²) in [6.07, 6.45) is 2.47. The maximum atomic E-state index is 11.2. The number of nitrogens with one attached hydrogen (secondary N) is 2. The molecule has 142 valence electrons. The zero-order chi connectivity index (χ0) is 19.5. The summed E-state index contributed by atoms with van der Waals surface area (Å²) in [5.41, 5.74) is 4.14. The highest BCUT2D eigenvalue weighted by Gasteiger charge is 2.19. The molecule has 1 aliphatic heterocycles. The van der Waals surface area contributed by atoms with E-state index in [-0.39, 0.29) is 5.91 Å². The van der Waals surface area contributed by atoms with Crippen molar-refractivity contribution in [1.29, 1.82) is 0 Å². The second-order valence-electron chi connectivity index (χ2n) is 6.58. The predicted molar refractivity (Wildman–Crippen MR) is 113 cm³/mol. The zero-order valence-electron chi connectivity index (χ0n) is 15.3. The predicted octanol–water partition coefficient (Wildman–Crippen LogP) is 3.90. The third-order valence-corrected chi connectivity index (χ3v) is 4.95. The van der Waals surface area contributed by atoms with Crippen molar-refractivity contribution in [3.63, 3.8) is 0 Å². The summed E-state index contributed by atoms with van der Waals surface area (Å²) in [7, 11) is 0. The average Bonchev–Trinajstić information content (AvgIpc) is 2.67. The van der Waals surface area contributed by atoms with Gasteiger partial charge in [-0.1, -0.05) is 28.1 Å². The number of carbonyl (C=O) groups is 1. The van der Waals surface area contributed by atoms with Gasteiger partial charge in [-0.15, -0.1) is 0 Å². The second-order valence-corrected chi connectivity index (χ2v) is 7.50. The molecule has 0 fully saturated rings. The smallest absolute Gasteiger partial charge is 0.232 e. The molecule has 0 atom stereocenters. The van der Waals surface area contributed by atoms with Gasteiger partial charge in [-0.3, -0.25) is 4.79 Å². The van der Waals surface area contributed by atoms with Crippen LogP contribution in [0.1, 0.15) is 18.1 Å². The highest BCUT2D eigenvalue weighted by atomic mass is 79.9.